The van der Waals surface area contributed by atoms with E-state index in [1.165, 1.54) is 6.42 Å². The Morgan fingerprint density at radius 2 is 1.53 bits per heavy atom. The highest BCUT2D eigenvalue weighted by Gasteiger charge is 2.33. The molecule has 5 nitrogen and oxygen atoms in total. The summed E-state index contributed by atoms with van der Waals surface area (Å²) in [5, 5.41) is 5.93. The Morgan fingerprint density at radius 3 is 2.22 bits per heavy atom. The van der Waals surface area contributed by atoms with Gasteiger partial charge in [-0.05, 0) is 49.2 Å². The molecule has 1 saturated heterocycles. The summed E-state index contributed by atoms with van der Waals surface area (Å²) >= 11 is 0. The molecule has 0 atom stereocenters. The van der Waals surface area contributed by atoms with E-state index < -0.39 is 11.9 Å². The lowest BCUT2D eigenvalue weighted by molar-refractivity contribution is -0.141. The molecule has 2 aromatic carbocycles. The van der Waals surface area contributed by atoms with E-state index in [9.17, 15) is 13.2 Å². The molecule has 0 spiro atoms. The molecular formula is C24H26F3N5. The van der Waals surface area contributed by atoms with Crippen molar-refractivity contribution in [1.82, 2.24) is 14.9 Å². The Bertz CT molecular complexity index is 1000. The largest absolute Gasteiger partial charge is 0.433 e. The highest BCUT2D eigenvalue weighted by atomic mass is 19.4. The van der Waals surface area contributed by atoms with Gasteiger partial charge in [-0.15, -0.1) is 0 Å². The van der Waals surface area contributed by atoms with Gasteiger partial charge in [0.1, 0.15) is 5.82 Å². The standard InChI is InChI=1S/C24H26F3N5/c25-24(26,27)21-17-22(31-23(30-21)28-13-16-32-14-5-2-6-15-32)29-20-11-9-19(10-12-20)18-7-3-1-4-8-18/h1,3-4,7-12,17H,2,5-6,13-16H2,(H2,28,29,30,31). The Kier molecular flexibility index (Phi) is 6.90. The van der Waals surface area contributed by atoms with E-state index in [4.69, 9.17) is 0 Å². The van der Waals surface area contributed by atoms with Crippen LogP contribution in [0.5, 0.6) is 0 Å². The van der Waals surface area contributed by atoms with Gasteiger partial charge in [0.25, 0.3) is 0 Å². The van der Waals surface area contributed by atoms with Crippen molar-refractivity contribution in [2.24, 2.45) is 0 Å². The average molecular weight is 442 g/mol. The SMILES string of the molecule is FC(F)(F)c1cc(Nc2ccc(-c3ccccc3)cc2)nc(NCCN2CCCCC2)n1. The second kappa shape index (κ2) is 9.99. The van der Waals surface area contributed by atoms with Crippen LogP contribution in [-0.4, -0.2) is 41.0 Å². The Balaban J connectivity index is 1.46. The number of nitrogens with zero attached hydrogens (tertiary/aromatic N) is 3. The van der Waals surface area contributed by atoms with E-state index in [0.717, 1.165) is 49.7 Å². The van der Waals surface area contributed by atoms with Crippen LogP contribution in [0.25, 0.3) is 11.1 Å². The number of halogens is 3. The van der Waals surface area contributed by atoms with Crippen LogP contribution in [0.1, 0.15) is 25.0 Å². The summed E-state index contributed by atoms with van der Waals surface area (Å²) in [6.45, 7) is 3.30. The fraction of sp³-hybridized carbons (Fsp3) is 0.333. The average Bonchev–Trinajstić information content (AvgIpc) is 2.80. The predicted molar refractivity (Wildman–Crippen MR) is 121 cm³/mol. The Hall–Kier alpha value is -3.13. The lowest BCUT2D eigenvalue weighted by Crippen LogP contribution is -2.34. The molecule has 1 aliphatic rings. The molecule has 2 heterocycles. The van der Waals surface area contributed by atoms with Crippen molar-refractivity contribution in [3.8, 4) is 11.1 Å². The molecule has 3 aromatic rings. The fourth-order valence-electron chi connectivity index (χ4n) is 3.77. The van der Waals surface area contributed by atoms with Crippen molar-refractivity contribution in [3.63, 3.8) is 0 Å². The molecule has 0 unspecified atom stereocenters. The number of aromatic nitrogens is 2. The van der Waals surface area contributed by atoms with Crippen LogP contribution < -0.4 is 10.6 Å². The first-order valence-corrected chi connectivity index (χ1v) is 10.8. The first-order chi connectivity index (χ1) is 15.5. The molecule has 0 radical (unpaired) electrons. The Morgan fingerprint density at radius 1 is 0.844 bits per heavy atom. The van der Waals surface area contributed by atoms with Crippen molar-refractivity contribution < 1.29 is 13.2 Å². The minimum Gasteiger partial charge on any atom is -0.353 e. The zero-order chi connectivity index (χ0) is 22.4. The van der Waals surface area contributed by atoms with Gasteiger partial charge in [-0.1, -0.05) is 48.9 Å². The molecule has 168 valence electrons. The van der Waals surface area contributed by atoms with Crippen molar-refractivity contribution in [2.75, 3.05) is 36.8 Å². The zero-order valence-electron chi connectivity index (χ0n) is 17.7. The molecular weight excluding hydrogens is 415 g/mol. The predicted octanol–water partition coefficient (Wildman–Crippen LogP) is 5.80. The topological polar surface area (TPSA) is 53.1 Å². The maximum absolute atomic E-state index is 13.4. The van der Waals surface area contributed by atoms with E-state index in [0.29, 0.717) is 12.2 Å². The molecule has 1 aromatic heterocycles. The van der Waals surface area contributed by atoms with Crippen LogP contribution in [0, 0.1) is 0 Å². The van der Waals surface area contributed by atoms with Gasteiger partial charge < -0.3 is 15.5 Å². The molecule has 0 amide bonds. The summed E-state index contributed by atoms with van der Waals surface area (Å²) in [6, 6.07) is 18.3. The van der Waals surface area contributed by atoms with Crippen molar-refractivity contribution >= 4 is 17.5 Å². The van der Waals surface area contributed by atoms with Crippen LogP contribution in [-0.2, 0) is 6.18 Å². The molecule has 1 aliphatic heterocycles. The number of nitrogens with one attached hydrogen (secondary N) is 2. The minimum atomic E-state index is -4.56. The van der Waals surface area contributed by atoms with E-state index in [1.54, 1.807) is 0 Å². The van der Waals surface area contributed by atoms with Crippen LogP contribution >= 0.6 is 0 Å². The summed E-state index contributed by atoms with van der Waals surface area (Å²) < 4.78 is 40.2. The quantitative estimate of drug-likeness (QED) is 0.485. The third-order valence-electron chi connectivity index (χ3n) is 5.44. The third-order valence-corrected chi connectivity index (χ3v) is 5.44. The number of hydrogen-bond acceptors (Lipinski definition) is 5. The molecule has 8 heteroatoms. The van der Waals surface area contributed by atoms with E-state index >= 15 is 0 Å². The maximum Gasteiger partial charge on any atom is 0.433 e. The number of piperidine rings is 1. The molecule has 32 heavy (non-hydrogen) atoms. The molecule has 0 bridgehead atoms. The zero-order valence-corrected chi connectivity index (χ0v) is 17.7. The molecule has 0 aliphatic carbocycles. The highest BCUT2D eigenvalue weighted by molar-refractivity contribution is 5.67. The molecule has 0 saturated carbocycles. The third kappa shape index (κ3) is 5.97. The summed E-state index contributed by atoms with van der Waals surface area (Å²) in [7, 11) is 0. The van der Waals surface area contributed by atoms with Gasteiger partial charge in [0.05, 0.1) is 0 Å². The molecule has 2 N–H and O–H groups in total. The second-order valence-corrected chi connectivity index (χ2v) is 7.86. The van der Waals surface area contributed by atoms with E-state index in [1.807, 2.05) is 54.6 Å². The van der Waals surface area contributed by atoms with Gasteiger partial charge >= 0.3 is 6.18 Å². The first-order valence-electron chi connectivity index (χ1n) is 10.8. The normalized spacial score (nSPS) is 14.8. The summed E-state index contributed by atoms with van der Waals surface area (Å²) in [5.74, 6) is 0.0699. The van der Waals surface area contributed by atoms with Crippen LogP contribution in [0.15, 0.2) is 60.7 Å². The summed E-state index contributed by atoms with van der Waals surface area (Å²) in [4.78, 5) is 10.2. The van der Waals surface area contributed by atoms with Gasteiger partial charge in [0.15, 0.2) is 5.69 Å². The minimum absolute atomic E-state index is 0.0276. The number of rotatable bonds is 7. The lowest BCUT2D eigenvalue weighted by atomic mass is 10.1. The van der Waals surface area contributed by atoms with E-state index in [2.05, 4.69) is 25.5 Å². The Labute approximate surface area is 185 Å². The van der Waals surface area contributed by atoms with Crippen LogP contribution in [0.2, 0.25) is 0 Å². The van der Waals surface area contributed by atoms with Crippen molar-refractivity contribution in [2.45, 2.75) is 25.4 Å². The number of benzene rings is 2. The van der Waals surface area contributed by atoms with Gasteiger partial charge in [0, 0.05) is 24.8 Å². The first kappa shape index (κ1) is 22.1. The van der Waals surface area contributed by atoms with E-state index in [-0.39, 0.29) is 11.8 Å². The van der Waals surface area contributed by atoms with Crippen molar-refractivity contribution in [3.05, 3.63) is 66.4 Å². The van der Waals surface area contributed by atoms with Gasteiger partial charge in [-0.3, -0.25) is 0 Å². The summed E-state index contributed by atoms with van der Waals surface area (Å²) in [5.41, 5.74) is 1.77. The molecule has 1 fully saturated rings. The highest BCUT2D eigenvalue weighted by Crippen LogP contribution is 2.31. The number of alkyl halides is 3. The van der Waals surface area contributed by atoms with Gasteiger partial charge in [-0.25, -0.2) is 4.98 Å². The fourth-order valence-corrected chi connectivity index (χ4v) is 3.77. The lowest BCUT2D eigenvalue weighted by Gasteiger charge is -2.26. The molecule has 4 rings (SSSR count). The van der Waals surface area contributed by atoms with Crippen LogP contribution in [0.4, 0.5) is 30.6 Å². The number of anilines is 3. The number of hydrogen-bond donors (Lipinski definition) is 2. The second-order valence-electron chi connectivity index (χ2n) is 7.86. The van der Waals surface area contributed by atoms with Crippen LogP contribution in [0.3, 0.4) is 0 Å². The number of likely N-dealkylation sites (tertiary alicyclic amines) is 1. The van der Waals surface area contributed by atoms with Gasteiger partial charge in [0.2, 0.25) is 5.95 Å². The maximum atomic E-state index is 13.4. The summed E-state index contributed by atoms with van der Waals surface area (Å²) in [6.07, 6.45) is -0.990. The van der Waals surface area contributed by atoms with Gasteiger partial charge in [-0.2, -0.15) is 18.2 Å². The monoisotopic (exact) mass is 441 g/mol. The smallest absolute Gasteiger partial charge is 0.353 e. The van der Waals surface area contributed by atoms with Crippen molar-refractivity contribution in [1.29, 1.82) is 0 Å².